The Kier molecular flexibility index (Phi) is 2.79. The predicted molar refractivity (Wildman–Crippen MR) is 45.7 cm³/mol. The van der Waals surface area contributed by atoms with Crippen molar-refractivity contribution >= 4 is 11.1 Å². The number of hydrogen-bond donors (Lipinski definition) is 1. The summed E-state index contributed by atoms with van der Waals surface area (Å²) in [6, 6.07) is 7.61. The zero-order valence-corrected chi connectivity index (χ0v) is 7.10. The second kappa shape index (κ2) is 3.64. The molecule has 0 amide bonds. The lowest BCUT2D eigenvalue weighted by molar-refractivity contribution is 0.563. The lowest BCUT2D eigenvalue weighted by atomic mass is 10.2. The third-order valence-electron chi connectivity index (χ3n) is 1.37. The molecule has 0 radical (unpaired) electrons. The Labute approximate surface area is 68.5 Å². The summed E-state index contributed by atoms with van der Waals surface area (Å²) >= 11 is -1.72. The highest BCUT2D eigenvalue weighted by atomic mass is 32.2. The van der Waals surface area contributed by atoms with Crippen molar-refractivity contribution < 1.29 is 8.76 Å². The SMILES string of the molecule is Cc1cccc(CS(=O)O)c1. The standard InChI is InChI=1S/C8H10O2S/c1-7-3-2-4-8(5-7)6-11(9)10/h2-5H,6H2,1H3,(H,9,10). The molecule has 11 heavy (non-hydrogen) atoms. The zero-order valence-electron chi connectivity index (χ0n) is 6.28. The second-order valence-electron chi connectivity index (χ2n) is 2.45. The van der Waals surface area contributed by atoms with E-state index in [1.54, 1.807) is 0 Å². The average Bonchev–Trinajstić information content (AvgIpc) is 1.85. The van der Waals surface area contributed by atoms with E-state index in [1.807, 2.05) is 31.2 Å². The molecular weight excluding hydrogens is 160 g/mol. The van der Waals surface area contributed by atoms with Gasteiger partial charge in [-0.3, -0.25) is 0 Å². The number of aryl methyl sites for hydroxylation is 1. The maximum Gasteiger partial charge on any atom is 0.157 e. The third-order valence-corrected chi connectivity index (χ3v) is 1.95. The molecule has 1 rings (SSSR count). The molecular formula is C8H10O2S. The number of rotatable bonds is 2. The molecule has 3 heteroatoms. The van der Waals surface area contributed by atoms with Crippen molar-refractivity contribution in [2.24, 2.45) is 0 Å². The monoisotopic (exact) mass is 170 g/mol. The Morgan fingerprint density at radius 2 is 2.27 bits per heavy atom. The van der Waals surface area contributed by atoms with E-state index in [2.05, 4.69) is 0 Å². The molecule has 1 aromatic rings. The Balaban J connectivity index is 2.79. The van der Waals surface area contributed by atoms with Crippen LogP contribution in [0.4, 0.5) is 0 Å². The van der Waals surface area contributed by atoms with Crippen LogP contribution < -0.4 is 0 Å². The second-order valence-corrected chi connectivity index (χ2v) is 3.39. The summed E-state index contributed by atoms with van der Waals surface area (Å²) in [5.41, 5.74) is 2.03. The highest BCUT2D eigenvalue weighted by Crippen LogP contribution is 2.05. The molecule has 0 aromatic heterocycles. The summed E-state index contributed by atoms with van der Waals surface area (Å²) in [6.07, 6.45) is 0. The summed E-state index contributed by atoms with van der Waals surface area (Å²) in [7, 11) is 0. The van der Waals surface area contributed by atoms with Crippen LogP contribution in [0.15, 0.2) is 24.3 Å². The van der Waals surface area contributed by atoms with Crippen molar-refractivity contribution in [2.45, 2.75) is 12.7 Å². The number of hydrogen-bond acceptors (Lipinski definition) is 1. The van der Waals surface area contributed by atoms with Gasteiger partial charge < -0.3 is 4.55 Å². The molecule has 0 aliphatic rings. The van der Waals surface area contributed by atoms with E-state index >= 15 is 0 Å². The molecule has 0 aliphatic heterocycles. The molecule has 1 atom stereocenters. The van der Waals surface area contributed by atoms with Gasteiger partial charge in [-0.2, -0.15) is 0 Å². The molecule has 0 saturated carbocycles. The normalized spacial score (nSPS) is 12.9. The maximum absolute atomic E-state index is 10.4. The molecule has 1 N–H and O–H groups in total. The van der Waals surface area contributed by atoms with Crippen molar-refractivity contribution in [3.63, 3.8) is 0 Å². The Morgan fingerprint density at radius 3 is 2.82 bits per heavy atom. The molecule has 1 aromatic carbocycles. The summed E-state index contributed by atoms with van der Waals surface area (Å²) in [5.74, 6) is 0.224. The topological polar surface area (TPSA) is 37.3 Å². The molecule has 0 aliphatic carbocycles. The van der Waals surface area contributed by atoms with Crippen molar-refractivity contribution in [1.29, 1.82) is 0 Å². The number of benzene rings is 1. The van der Waals surface area contributed by atoms with Crippen LogP contribution in [-0.4, -0.2) is 8.76 Å². The van der Waals surface area contributed by atoms with Gasteiger partial charge in [0.05, 0.1) is 5.75 Å². The van der Waals surface area contributed by atoms with Gasteiger partial charge in [-0.15, -0.1) is 0 Å². The molecule has 2 nitrogen and oxygen atoms in total. The van der Waals surface area contributed by atoms with E-state index in [4.69, 9.17) is 4.55 Å². The van der Waals surface area contributed by atoms with Crippen LogP contribution in [0.2, 0.25) is 0 Å². The van der Waals surface area contributed by atoms with Crippen LogP contribution in [0, 0.1) is 6.92 Å². The first kappa shape index (κ1) is 8.43. The lowest BCUT2D eigenvalue weighted by Crippen LogP contribution is -1.92. The van der Waals surface area contributed by atoms with Crippen molar-refractivity contribution in [2.75, 3.05) is 0 Å². The van der Waals surface area contributed by atoms with Crippen LogP contribution in [0.1, 0.15) is 11.1 Å². The quantitative estimate of drug-likeness (QED) is 0.686. The first-order valence-electron chi connectivity index (χ1n) is 3.31. The molecule has 0 heterocycles. The first-order chi connectivity index (χ1) is 5.18. The Morgan fingerprint density at radius 1 is 1.55 bits per heavy atom. The minimum Gasteiger partial charge on any atom is -0.306 e. The summed E-state index contributed by atoms with van der Waals surface area (Å²) in [5, 5.41) is 0. The molecule has 60 valence electrons. The minimum atomic E-state index is -1.72. The van der Waals surface area contributed by atoms with Crippen molar-refractivity contribution in [1.82, 2.24) is 0 Å². The summed E-state index contributed by atoms with van der Waals surface area (Å²) < 4.78 is 19.0. The summed E-state index contributed by atoms with van der Waals surface area (Å²) in [6.45, 7) is 1.96. The summed E-state index contributed by atoms with van der Waals surface area (Å²) in [4.78, 5) is 0. The largest absolute Gasteiger partial charge is 0.306 e. The zero-order chi connectivity index (χ0) is 8.27. The van der Waals surface area contributed by atoms with E-state index in [0.717, 1.165) is 11.1 Å². The maximum atomic E-state index is 10.4. The smallest absolute Gasteiger partial charge is 0.157 e. The van der Waals surface area contributed by atoms with E-state index in [0.29, 0.717) is 0 Å². The Bertz CT molecular complexity index is 271. The van der Waals surface area contributed by atoms with E-state index in [9.17, 15) is 4.21 Å². The van der Waals surface area contributed by atoms with Gasteiger partial charge in [0.2, 0.25) is 0 Å². The van der Waals surface area contributed by atoms with Gasteiger partial charge in [-0.25, -0.2) is 4.21 Å². The molecule has 0 spiro atoms. The van der Waals surface area contributed by atoms with Gasteiger partial charge in [0.1, 0.15) is 0 Å². The molecule has 0 saturated heterocycles. The minimum absolute atomic E-state index is 0.224. The molecule has 0 fully saturated rings. The van der Waals surface area contributed by atoms with Crippen LogP contribution in [0.3, 0.4) is 0 Å². The third kappa shape index (κ3) is 2.82. The van der Waals surface area contributed by atoms with E-state index in [1.165, 1.54) is 0 Å². The van der Waals surface area contributed by atoms with Gasteiger partial charge >= 0.3 is 0 Å². The van der Waals surface area contributed by atoms with Gasteiger partial charge in [0, 0.05) is 0 Å². The molecule has 0 bridgehead atoms. The fourth-order valence-electron chi connectivity index (χ4n) is 0.945. The van der Waals surface area contributed by atoms with Crippen LogP contribution >= 0.6 is 0 Å². The highest BCUT2D eigenvalue weighted by molar-refractivity contribution is 7.78. The first-order valence-corrected chi connectivity index (χ1v) is 4.59. The van der Waals surface area contributed by atoms with Crippen molar-refractivity contribution in [3.8, 4) is 0 Å². The van der Waals surface area contributed by atoms with Gasteiger partial charge in [-0.05, 0) is 12.5 Å². The molecule has 1 unspecified atom stereocenters. The Hall–Kier alpha value is -0.670. The predicted octanol–water partition coefficient (Wildman–Crippen LogP) is 1.72. The lowest BCUT2D eigenvalue weighted by Gasteiger charge is -1.97. The van der Waals surface area contributed by atoms with Crippen molar-refractivity contribution in [3.05, 3.63) is 35.4 Å². The van der Waals surface area contributed by atoms with Crippen LogP contribution in [0.5, 0.6) is 0 Å². The van der Waals surface area contributed by atoms with Gasteiger partial charge in [-0.1, -0.05) is 29.8 Å². The highest BCUT2D eigenvalue weighted by Gasteiger charge is 1.96. The van der Waals surface area contributed by atoms with E-state index < -0.39 is 11.1 Å². The van der Waals surface area contributed by atoms with Crippen LogP contribution in [0.25, 0.3) is 0 Å². The van der Waals surface area contributed by atoms with Gasteiger partial charge in [0.25, 0.3) is 0 Å². The van der Waals surface area contributed by atoms with Gasteiger partial charge in [0.15, 0.2) is 11.1 Å². The van der Waals surface area contributed by atoms with E-state index in [-0.39, 0.29) is 5.75 Å². The fraction of sp³-hybridized carbons (Fsp3) is 0.250. The van der Waals surface area contributed by atoms with Crippen LogP contribution in [-0.2, 0) is 16.8 Å². The fourth-order valence-corrected chi connectivity index (χ4v) is 1.41. The average molecular weight is 170 g/mol.